The molecule has 1 unspecified atom stereocenters. The Kier molecular flexibility index (Phi) is 7.21. The van der Waals surface area contributed by atoms with E-state index in [-0.39, 0.29) is 43.9 Å². The van der Waals surface area contributed by atoms with Crippen LogP contribution in [-0.4, -0.2) is 48.9 Å². The normalized spacial score (nSPS) is 19.0. The lowest BCUT2D eigenvalue weighted by Gasteiger charge is -2.39. The largest absolute Gasteiger partial charge is 0.442 e. The third kappa shape index (κ3) is 5.16. The van der Waals surface area contributed by atoms with E-state index >= 15 is 4.39 Å². The molecule has 2 heterocycles. The second-order valence-electron chi connectivity index (χ2n) is 8.72. The van der Waals surface area contributed by atoms with Crippen molar-refractivity contribution in [2.24, 2.45) is 0 Å². The highest BCUT2D eigenvalue weighted by atomic mass is 32.1. The number of cyclic esters (lactones) is 1. The zero-order chi connectivity index (χ0) is 26.0. The second kappa shape index (κ2) is 10.2. The van der Waals surface area contributed by atoms with Gasteiger partial charge in [-0.3, -0.25) is 4.90 Å². The molecule has 0 saturated carbocycles. The molecule has 190 valence electrons. The maximum absolute atomic E-state index is 15.1. The van der Waals surface area contributed by atoms with Gasteiger partial charge in [-0.15, -0.1) is 0 Å². The van der Waals surface area contributed by atoms with Crippen LogP contribution in [0.4, 0.5) is 39.4 Å². The van der Waals surface area contributed by atoms with Crippen molar-refractivity contribution in [3.63, 3.8) is 0 Å². The highest BCUT2D eigenvalue weighted by molar-refractivity contribution is 7.80. The Morgan fingerprint density at radius 1 is 1.17 bits per heavy atom. The topological polar surface area (TPSA) is 80.6 Å². The van der Waals surface area contributed by atoms with Crippen molar-refractivity contribution in [3.05, 3.63) is 53.6 Å². The zero-order valence-electron chi connectivity index (χ0n) is 19.3. The Hall–Kier alpha value is -3.59. The predicted octanol–water partition coefficient (Wildman–Crippen LogP) is 4.48. The highest BCUT2D eigenvalue weighted by Gasteiger charge is 2.37. The number of hydrogen-bond acceptors (Lipinski definition) is 6. The number of rotatable bonds is 6. The van der Waals surface area contributed by atoms with Gasteiger partial charge in [-0.05, 0) is 37.3 Å². The molecule has 7 nitrogen and oxygen atoms in total. The van der Waals surface area contributed by atoms with Gasteiger partial charge in [0.1, 0.15) is 17.5 Å². The molecule has 1 atom stereocenters. The molecule has 0 spiro atoms. The SMILES string of the molecule is CC(=S)NCC1CN(c2ccc(N3CCC(C#N)(Nc4ccc(F)c(F)c4F)CC3)c(F)c2)C(=O)O1. The molecule has 2 N–H and O–H groups in total. The van der Waals surface area contributed by atoms with E-state index < -0.39 is 41.0 Å². The summed E-state index contributed by atoms with van der Waals surface area (Å²) in [6.45, 7) is 2.82. The average Bonchev–Trinajstić information content (AvgIpc) is 3.24. The Balaban J connectivity index is 1.42. The summed E-state index contributed by atoms with van der Waals surface area (Å²) >= 11 is 4.96. The minimum atomic E-state index is -1.62. The lowest BCUT2D eigenvalue weighted by atomic mass is 9.88. The van der Waals surface area contributed by atoms with Crippen molar-refractivity contribution in [1.29, 1.82) is 5.26 Å². The van der Waals surface area contributed by atoms with Crippen molar-refractivity contribution in [2.75, 3.05) is 41.3 Å². The van der Waals surface area contributed by atoms with Gasteiger partial charge in [0, 0.05) is 25.9 Å². The zero-order valence-corrected chi connectivity index (χ0v) is 20.1. The van der Waals surface area contributed by atoms with Crippen molar-refractivity contribution >= 4 is 40.4 Å². The van der Waals surface area contributed by atoms with E-state index in [2.05, 4.69) is 16.7 Å². The third-order valence-corrected chi connectivity index (χ3v) is 6.42. The fraction of sp³-hybridized carbons (Fsp3) is 0.375. The van der Waals surface area contributed by atoms with Crippen molar-refractivity contribution < 1.29 is 27.1 Å². The van der Waals surface area contributed by atoms with Crippen LogP contribution in [0.5, 0.6) is 0 Å². The van der Waals surface area contributed by atoms with Crippen molar-refractivity contribution in [1.82, 2.24) is 5.32 Å². The number of ether oxygens (including phenoxy) is 1. The number of carbonyl (C=O) groups excluding carboxylic acids is 1. The smallest absolute Gasteiger partial charge is 0.414 e. The molecular formula is C24H23F4N5O2S. The first-order chi connectivity index (χ1) is 17.1. The fourth-order valence-electron chi connectivity index (χ4n) is 4.29. The molecule has 1 amide bonds. The number of thiocarbonyl (C=S) groups is 1. The number of benzene rings is 2. The quantitative estimate of drug-likeness (QED) is 0.330. The summed E-state index contributed by atoms with van der Waals surface area (Å²) in [5.41, 5.74) is -0.916. The van der Waals surface area contributed by atoms with E-state index in [1.165, 1.54) is 11.0 Å². The van der Waals surface area contributed by atoms with E-state index in [4.69, 9.17) is 17.0 Å². The van der Waals surface area contributed by atoms with Crippen LogP contribution in [0.2, 0.25) is 0 Å². The van der Waals surface area contributed by atoms with E-state index in [9.17, 15) is 23.2 Å². The summed E-state index contributed by atoms with van der Waals surface area (Å²) in [4.78, 5) is 15.9. The van der Waals surface area contributed by atoms with Gasteiger partial charge < -0.3 is 20.3 Å². The molecule has 2 aromatic rings. The van der Waals surface area contributed by atoms with Gasteiger partial charge in [0.05, 0.1) is 41.2 Å². The van der Waals surface area contributed by atoms with Crippen LogP contribution in [0.25, 0.3) is 0 Å². The summed E-state index contributed by atoms with van der Waals surface area (Å²) in [6, 6.07) is 8.33. The lowest BCUT2D eigenvalue weighted by Crippen LogP contribution is -2.48. The van der Waals surface area contributed by atoms with E-state index in [1.54, 1.807) is 24.0 Å². The van der Waals surface area contributed by atoms with E-state index in [0.29, 0.717) is 17.2 Å². The maximum atomic E-state index is 15.1. The molecule has 2 fully saturated rings. The lowest BCUT2D eigenvalue weighted by molar-refractivity contribution is 0.143. The van der Waals surface area contributed by atoms with Crippen molar-refractivity contribution in [3.8, 4) is 6.07 Å². The van der Waals surface area contributed by atoms with Crippen LogP contribution in [0.15, 0.2) is 30.3 Å². The van der Waals surface area contributed by atoms with Gasteiger partial charge in [-0.1, -0.05) is 12.2 Å². The van der Waals surface area contributed by atoms with Crippen LogP contribution in [0, 0.1) is 34.6 Å². The van der Waals surface area contributed by atoms with Gasteiger partial charge in [-0.2, -0.15) is 5.26 Å². The molecule has 2 saturated heterocycles. The molecule has 0 aliphatic carbocycles. The van der Waals surface area contributed by atoms with Crippen LogP contribution < -0.4 is 20.4 Å². The molecule has 12 heteroatoms. The molecule has 36 heavy (non-hydrogen) atoms. The van der Waals surface area contributed by atoms with Crippen LogP contribution >= 0.6 is 12.2 Å². The number of halogens is 4. The van der Waals surface area contributed by atoms with Gasteiger partial charge in [0.2, 0.25) is 0 Å². The Morgan fingerprint density at radius 2 is 1.89 bits per heavy atom. The van der Waals surface area contributed by atoms with Crippen LogP contribution in [0.3, 0.4) is 0 Å². The van der Waals surface area contributed by atoms with Gasteiger partial charge >= 0.3 is 6.09 Å². The summed E-state index contributed by atoms with van der Waals surface area (Å²) in [5.74, 6) is -4.89. The summed E-state index contributed by atoms with van der Waals surface area (Å²) < 4.78 is 61.3. The number of anilines is 3. The van der Waals surface area contributed by atoms with Crippen LogP contribution in [0.1, 0.15) is 19.8 Å². The molecule has 0 radical (unpaired) electrons. The molecular weight excluding hydrogens is 498 g/mol. The summed E-state index contributed by atoms with van der Waals surface area (Å²) in [7, 11) is 0. The van der Waals surface area contributed by atoms with Gasteiger partial charge in [0.25, 0.3) is 0 Å². The fourth-order valence-corrected chi connectivity index (χ4v) is 4.37. The average molecular weight is 522 g/mol. The Morgan fingerprint density at radius 3 is 2.53 bits per heavy atom. The second-order valence-corrected chi connectivity index (χ2v) is 9.33. The third-order valence-electron chi connectivity index (χ3n) is 6.28. The summed E-state index contributed by atoms with van der Waals surface area (Å²) in [5, 5.41) is 15.4. The number of hydrogen-bond donors (Lipinski definition) is 2. The predicted molar refractivity (Wildman–Crippen MR) is 130 cm³/mol. The molecule has 2 aliphatic heterocycles. The Bertz CT molecular complexity index is 1230. The Labute approximate surface area is 210 Å². The maximum Gasteiger partial charge on any atom is 0.414 e. The number of piperidine rings is 1. The number of carbonyl (C=O) groups is 1. The first-order valence-corrected chi connectivity index (χ1v) is 11.6. The van der Waals surface area contributed by atoms with Gasteiger partial charge in [-0.25, -0.2) is 22.4 Å². The molecule has 2 aromatic carbocycles. The number of nitrogens with one attached hydrogen (secondary N) is 2. The first-order valence-electron chi connectivity index (χ1n) is 11.2. The molecule has 0 bridgehead atoms. The molecule has 2 aliphatic rings. The number of nitrogens with zero attached hydrogens (tertiary/aromatic N) is 3. The minimum Gasteiger partial charge on any atom is -0.442 e. The first kappa shape index (κ1) is 25.5. The highest BCUT2D eigenvalue weighted by Crippen LogP contribution is 2.34. The minimum absolute atomic E-state index is 0.176. The van der Waals surface area contributed by atoms with E-state index in [1.807, 2.05) is 0 Å². The van der Waals surface area contributed by atoms with Crippen molar-refractivity contribution in [2.45, 2.75) is 31.4 Å². The van der Waals surface area contributed by atoms with Gasteiger partial charge in [0.15, 0.2) is 17.5 Å². The molecule has 4 rings (SSSR count). The monoisotopic (exact) mass is 521 g/mol. The molecule has 0 aromatic heterocycles. The summed E-state index contributed by atoms with van der Waals surface area (Å²) in [6.07, 6.45) is -0.653. The van der Waals surface area contributed by atoms with Crippen LogP contribution in [-0.2, 0) is 4.74 Å². The standard InChI is InChI=1S/C24H23F4N5O2S/c1-14(36)30-11-16-12-33(23(34)35-16)15-2-5-20(18(26)10-15)32-8-6-24(13-29,7-9-32)31-19-4-3-17(25)21(27)22(19)28/h2-5,10,16,31H,6-9,11-12H2,1H3,(H,30,36). The number of nitriles is 1. The number of amides is 1. The van der Waals surface area contributed by atoms with E-state index in [0.717, 1.165) is 12.1 Å².